The SMILES string of the molecule is COCCn1c(N)c(N(CC=C(C)C)Cc2ccccc2)c(=O)[nH]c1=O. The number of allylic oxidation sites excluding steroid dienone is 1. The van der Waals surface area contributed by atoms with Crippen molar-refractivity contribution in [3.63, 3.8) is 0 Å². The van der Waals surface area contributed by atoms with Crippen molar-refractivity contribution >= 4 is 11.5 Å². The summed E-state index contributed by atoms with van der Waals surface area (Å²) >= 11 is 0. The molecule has 2 aromatic rings. The summed E-state index contributed by atoms with van der Waals surface area (Å²) in [5.74, 6) is 0.147. The minimum Gasteiger partial charge on any atom is -0.383 e. The molecule has 0 aliphatic rings. The maximum absolute atomic E-state index is 12.5. The van der Waals surface area contributed by atoms with Crippen LogP contribution < -0.4 is 21.9 Å². The number of nitrogens with two attached hydrogens (primary N) is 1. The van der Waals surface area contributed by atoms with E-state index in [2.05, 4.69) is 4.98 Å². The Hall–Kier alpha value is -2.80. The average molecular weight is 358 g/mol. The van der Waals surface area contributed by atoms with Gasteiger partial charge in [0.25, 0.3) is 5.56 Å². The third-order valence-electron chi connectivity index (χ3n) is 3.99. The number of rotatable bonds is 8. The Labute approximate surface area is 152 Å². The number of nitrogens with zero attached hydrogens (tertiary/aromatic N) is 2. The lowest BCUT2D eigenvalue weighted by Gasteiger charge is -2.25. The number of benzene rings is 1. The number of methoxy groups -OCH3 is 1. The summed E-state index contributed by atoms with van der Waals surface area (Å²) in [5, 5.41) is 0. The van der Waals surface area contributed by atoms with Crippen molar-refractivity contribution < 1.29 is 4.74 Å². The van der Waals surface area contributed by atoms with Gasteiger partial charge in [-0.2, -0.15) is 0 Å². The van der Waals surface area contributed by atoms with Gasteiger partial charge in [0.15, 0.2) is 0 Å². The Morgan fingerprint density at radius 2 is 1.96 bits per heavy atom. The summed E-state index contributed by atoms with van der Waals surface area (Å²) in [6.07, 6.45) is 2.02. The first-order valence-electron chi connectivity index (χ1n) is 8.47. The first-order valence-corrected chi connectivity index (χ1v) is 8.47. The van der Waals surface area contributed by atoms with Gasteiger partial charge in [-0.25, -0.2) is 4.79 Å². The van der Waals surface area contributed by atoms with Gasteiger partial charge in [0.2, 0.25) is 0 Å². The third kappa shape index (κ3) is 4.86. The molecular formula is C19H26N4O3. The minimum absolute atomic E-state index is 0.147. The summed E-state index contributed by atoms with van der Waals surface area (Å²) in [6.45, 7) is 5.59. The molecule has 0 atom stereocenters. The van der Waals surface area contributed by atoms with Crippen LogP contribution >= 0.6 is 0 Å². The number of aromatic amines is 1. The summed E-state index contributed by atoms with van der Waals surface area (Å²) < 4.78 is 6.36. The maximum atomic E-state index is 12.5. The number of nitrogens with one attached hydrogen (secondary N) is 1. The third-order valence-corrected chi connectivity index (χ3v) is 3.99. The van der Waals surface area contributed by atoms with Crippen LogP contribution in [0.25, 0.3) is 0 Å². The highest BCUT2D eigenvalue weighted by Gasteiger charge is 2.18. The molecule has 7 nitrogen and oxygen atoms in total. The molecule has 2 rings (SSSR count). The molecule has 0 saturated heterocycles. The van der Waals surface area contributed by atoms with Crippen molar-refractivity contribution in [3.05, 3.63) is 68.4 Å². The van der Waals surface area contributed by atoms with E-state index in [0.717, 1.165) is 11.1 Å². The number of nitrogen functional groups attached to an aromatic ring is 1. The quantitative estimate of drug-likeness (QED) is 0.701. The topological polar surface area (TPSA) is 93.3 Å². The number of anilines is 2. The predicted octanol–water partition coefficient (Wildman–Crippen LogP) is 1.74. The molecule has 0 fully saturated rings. The van der Waals surface area contributed by atoms with Crippen LogP contribution in [0, 0.1) is 0 Å². The van der Waals surface area contributed by atoms with E-state index in [9.17, 15) is 9.59 Å². The molecule has 0 unspecified atom stereocenters. The van der Waals surface area contributed by atoms with Crippen molar-refractivity contribution in [1.29, 1.82) is 0 Å². The van der Waals surface area contributed by atoms with E-state index in [-0.39, 0.29) is 12.4 Å². The molecule has 7 heteroatoms. The second-order valence-corrected chi connectivity index (χ2v) is 6.29. The Kier molecular flexibility index (Phi) is 6.80. The van der Waals surface area contributed by atoms with E-state index < -0.39 is 11.2 Å². The van der Waals surface area contributed by atoms with Gasteiger partial charge in [-0.1, -0.05) is 42.0 Å². The first kappa shape index (κ1) is 19.5. The van der Waals surface area contributed by atoms with Crippen LogP contribution in [0.3, 0.4) is 0 Å². The standard InChI is InChI=1S/C19H26N4O3/c1-14(2)9-10-22(13-15-7-5-4-6-8-15)16-17(20)23(11-12-26-3)19(25)21-18(16)24/h4-9H,10-13,20H2,1-3H3,(H,21,24,25). The monoisotopic (exact) mass is 358 g/mol. The minimum atomic E-state index is -0.532. The van der Waals surface area contributed by atoms with Crippen molar-refractivity contribution in [1.82, 2.24) is 9.55 Å². The summed E-state index contributed by atoms with van der Waals surface area (Å²) in [6, 6.07) is 9.81. The fourth-order valence-electron chi connectivity index (χ4n) is 2.62. The fraction of sp³-hybridized carbons (Fsp3) is 0.368. The molecule has 1 aromatic heterocycles. The van der Waals surface area contributed by atoms with Crippen molar-refractivity contribution in [2.45, 2.75) is 26.9 Å². The largest absolute Gasteiger partial charge is 0.383 e. The fourth-order valence-corrected chi connectivity index (χ4v) is 2.62. The Bertz CT molecular complexity index is 865. The van der Waals surface area contributed by atoms with Crippen molar-refractivity contribution in [2.24, 2.45) is 0 Å². The molecule has 0 aliphatic carbocycles. The van der Waals surface area contributed by atoms with Crippen molar-refractivity contribution in [2.75, 3.05) is 30.9 Å². The molecule has 0 spiro atoms. The Morgan fingerprint density at radius 3 is 2.58 bits per heavy atom. The van der Waals surface area contributed by atoms with Crippen molar-refractivity contribution in [3.8, 4) is 0 Å². The second-order valence-electron chi connectivity index (χ2n) is 6.29. The molecule has 0 amide bonds. The second kappa shape index (κ2) is 9.05. The number of ether oxygens (including phenoxy) is 1. The van der Waals surface area contributed by atoms with Crippen LogP contribution in [0.5, 0.6) is 0 Å². The van der Waals surface area contributed by atoms with Crippen LogP contribution in [0.2, 0.25) is 0 Å². The molecule has 140 valence electrons. The Morgan fingerprint density at radius 1 is 1.27 bits per heavy atom. The number of hydrogen-bond donors (Lipinski definition) is 2. The van der Waals surface area contributed by atoms with E-state index in [4.69, 9.17) is 10.5 Å². The van der Waals surface area contributed by atoms with Gasteiger partial charge in [0.1, 0.15) is 11.5 Å². The molecule has 3 N–H and O–H groups in total. The lowest BCUT2D eigenvalue weighted by atomic mass is 10.2. The zero-order chi connectivity index (χ0) is 19.1. The zero-order valence-corrected chi connectivity index (χ0v) is 15.5. The lowest BCUT2D eigenvalue weighted by molar-refractivity contribution is 0.186. The summed E-state index contributed by atoms with van der Waals surface area (Å²) in [4.78, 5) is 28.9. The molecule has 1 heterocycles. The van der Waals surface area contributed by atoms with Crippen LogP contribution in [0.1, 0.15) is 19.4 Å². The van der Waals surface area contributed by atoms with E-state index >= 15 is 0 Å². The van der Waals surface area contributed by atoms with Crippen LogP contribution in [0.4, 0.5) is 11.5 Å². The van der Waals surface area contributed by atoms with Gasteiger partial charge in [-0.15, -0.1) is 0 Å². The van der Waals surface area contributed by atoms with E-state index in [0.29, 0.717) is 25.4 Å². The predicted molar refractivity (Wildman–Crippen MR) is 105 cm³/mol. The lowest BCUT2D eigenvalue weighted by Crippen LogP contribution is -2.39. The molecule has 26 heavy (non-hydrogen) atoms. The number of aromatic nitrogens is 2. The molecule has 0 bridgehead atoms. The summed E-state index contributed by atoms with van der Waals surface area (Å²) in [7, 11) is 1.55. The normalized spacial score (nSPS) is 10.6. The highest BCUT2D eigenvalue weighted by molar-refractivity contribution is 5.63. The molecule has 0 radical (unpaired) electrons. The molecular weight excluding hydrogens is 332 g/mol. The van der Waals surface area contributed by atoms with E-state index in [1.807, 2.05) is 55.2 Å². The Balaban J connectivity index is 2.50. The number of hydrogen-bond acceptors (Lipinski definition) is 5. The molecule has 0 saturated carbocycles. The molecule has 0 aliphatic heterocycles. The smallest absolute Gasteiger partial charge is 0.330 e. The first-order chi connectivity index (χ1) is 12.4. The van der Waals surface area contributed by atoms with Gasteiger partial charge in [0, 0.05) is 20.2 Å². The van der Waals surface area contributed by atoms with Gasteiger partial charge in [-0.05, 0) is 19.4 Å². The molecule has 1 aromatic carbocycles. The zero-order valence-electron chi connectivity index (χ0n) is 15.5. The van der Waals surface area contributed by atoms with Crippen LogP contribution in [-0.4, -0.2) is 29.8 Å². The highest BCUT2D eigenvalue weighted by atomic mass is 16.5. The van der Waals surface area contributed by atoms with E-state index in [1.165, 1.54) is 4.57 Å². The van der Waals surface area contributed by atoms with Gasteiger partial charge in [0.05, 0.1) is 13.2 Å². The van der Waals surface area contributed by atoms with E-state index in [1.54, 1.807) is 7.11 Å². The van der Waals surface area contributed by atoms with Gasteiger partial charge >= 0.3 is 5.69 Å². The average Bonchev–Trinajstić information content (AvgIpc) is 2.60. The summed E-state index contributed by atoms with van der Waals surface area (Å²) in [5.41, 5.74) is 7.66. The van der Waals surface area contributed by atoms with Gasteiger partial charge in [-0.3, -0.25) is 14.3 Å². The van der Waals surface area contributed by atoms with Crippen LogP contribution in [0.15, 0.2) is 51.6 Å². The maximum Gasteiger partial charge on any atom is 0.330 e. The number of H-pyrrole nitrogens is 1. The van der Waals surface area contributed by atoms with Crippen LogP contribution in [-0.2, 0) is 17.8 Å². The highest BCUT2D eigenvalue weighted by Crippen LogP contribution is 2.19. The van der Waals surface area contributed by atoms with Gasteiger partial charge < -0.3 is 15.4 Å².